The minimum atomic E-state index is -0.421. The van der Waals surface area contributed by atoms with Crippen molar-refractivity contribution in [1.82, 2.24) is 0 Å². The average molecular weight is 221 g/mol. The second-order valence-corrected chi connectivity index (χ2v) is 4.24. The van der Waals surface area contributed by atoms with E-state index in [1.807, 2.05) is 18.2 Å². The van der Waals surface area contributed by atoms with E-state index in [2.05, 4.69) is 26.0 Å². The fraction of sp³-hybridized carbons (Fsp3) is 0.462. The van der Waals surface area contributed by atoms with Gasteiger partial charge in [0, 0.05) is 5.92 Å². The lowest BCUT2D eigenvalue weighted by atomic mass is 9.89. The van der Waals surface area contributed by atoms with Crippen LogP contribution in [0.1, 0.15) is 25.3 Å². The highest BCUT2D eigenvalue weighted by atomic mass is 16.5. The maximum Gasteiger partial charge on any atom is 0.243 e. The number of carbonyl (C=O) groups is 1. The zero-order valence-electron chi connectivity index (χ0n) is 9.85. The van der Waals surface area contributed by atoms with Gasteiger partial charge in [-0.3, -0.25) is 4.79 Å². The Labute approximate surface area is 96.6 Å². The number of nitrogens with two attached hydrogens (primary N) is 1. The highest BCUT2D eigenvalue weighted by molar-refractivity contribution is 5.74. The second kappa shape index (κ2) is 6.28. The van der Waals surface area contributed by atoms with Crippen LogP contribution in [0.2, 0.25) is 0 Å². The van der Waals surface area contributed by atoms with Gasteiger partial charge in [0.05, 0.1) is 6.61 Å². The Morgan fingerprint density at radius 3 is 2.44 bits per heavy atom. The van der Waals surface area contributed by atoms with Crippen LogP contribution in [0.25, 0.3) is 0 Å². The molecular weight excluding hydrogens is 202 g/mol. The van der Waals surface area contributed by atoms with Crippen LogP contribution in [-0.4, -0.2) is 19.1 Å². The fourth-order valence-electron chi connectivity index (χ4n) is 1.66. The smallest absolute Gasteiger partial charge is 0.243 e. The van der Waals surface area contributed by atoms with Crippen LogP contribution in [0.5, 0.6) is 0 Å². The first-order valence-electron chi connectivity index (χ1n) is 5.52. The third kappa shape index (κ3) is 4.03. The van der Waals surface area contributed by atoms with Crippen molar-refractivity contribution < 1.29 is 9.53 Å². The van der Waals surface area contributed by atoms with Gasteiger partial charge in [0.1, 0.15) is 6.61 Å². The van der Waals surface area contributed by atoms with Crippen molar-refractivity contribution in [2.75, 3.05) is 13.2 Å². The van der Waals surface area contributed by atoms with Gasteiger partial charge in [0.25, 0.3) is 0 Å². The minimum Gasteiger partial charge on any atom is -0.371 e. The maximum absolute atomic E-state index is 10.6. The molecule has 0 fully saturated rings. The SMILES string of the molecule is CC(C)[C@H](COCC(N)=O)c1ccccc1. The molecule has 1 amide bonds. The zero-order chi connectivity index (χ0) is 12.0. The number of amides is 1. The first kappa shape index (κ1) is 12.7. The Bertz CT molecular complexity index is 322. The van der Waals surface area contributed by atoms with Gasteiger partial charge in [-0.2, -0.15) is 0 Å². The van der Waals surface area contributed by atoms with Gasteiger partial charge in [-0.1, -0.05) is 44.2 Å². The van der Waals surface area contributed by atoms with Crippen molar-refractivity contribution in [3.63, 3.8) is 0 Å². The van der Waals surface area contributed by atoms with E-state index >= 15 is 0 Å². The summed E-state index contributed by atoms with van der Waals surface area (Å²) in [6.07, 6.45) is 0. The van der Waals surface area contributed by atoms with Crippen LogP contribution >= 0.6 is 0 Å². The monoisotopic (exact) mass is 221 g/mol. The summed E-state index contributed by atoms with van der Waals surface area (Å²) >= 11 is 0. The molecule has 0 aliphatic carbocycles. The Kier molecular flexibility index (Phi) is 4.99. The van der Waals surface area contributed by atoms with Crippen LogP contribution in [0, 0.1) is 5.92 Å². The number of primary amides is 1. The summed E-state index contributed by atoms with van der Waals surface area (Å²) in [4.78, 5) is 10.6. The summed E-state index contributed by atoms with van der Waals surface area (Å²) in [5, 5.41) is 0. The first-order chi connectivity index (χ1) is 7.61. The minimum absolute atomic E-state index is 0.00392. The lowest BCUT2D eigenvalue weighted by Gasteiger charge is -2.20. The third-order valence-electron chi connectivity index (χ3n) is 2.57. The lowest BCUT2D eigenvalue weighted by molar-refractivity contribution is -0.122. The molecule has 1 aromatic carbocycles. The molecule has 0 aliphatic rings. The summed E-state index contributed by atoms with van der Waals surface area (Å²) in [5.41, 5.74) is 6.27. The van der Waals surface area contributed by atoms with E-state index in [0.717, 1.165) is 0 Å². The number of hydrogen-bond donors (Lipinski definition) is 1. The van der Waals surface area contributed by atoms with Crippen LogP contribution in [0.4, 0.5) is 0 Å². The maximum atomic E-state index is 10.6. The summed E-state index contributed by atoms with van der Waals surface area (Å²) in [6, 6.07) is 10.2. The molecule has 1 atom stereocenters. The van der Waals surface area contributed by atoms with E-state index in [9.17, 15) is 4.79 Å². The van der Waals surface area contributed by atoms with Gasteiger partial charge in [-0.15, -0.1) is 0 Å². The second-order valence-electron chi connectivity index (χ2n) is 4.24. The van der Waals surface area contributed by atoms with Crippen molar-refractivity contribution in [2.45, 2.75) is 19.8 Å². The third-order valence-corrected chi connectivity index (χ3v) is 2.57. The molecule has 3 heteroatoms. The Balaban J connectivity index is 2.58. The molecule has 0 aromatic heterocycles. The standard InChI is InChI=1S/C13H19NO2/c1-10(2)12(8-16-9-13(14)15)11-6-4-3-5-7-11/h3-7,10,12H,8-9H2,1-2H3,(H2,14,15)/t12-/m0/s1. The van der Waals surface area contributed by atoms with Crippen LogP contribution in [0.15, 0.2) is 30.3 Å². The van der Waals surface area contributed by atoms with Crippen molar-refractivity contribution in [3.05, 3.63) is 35.9 Å². The fourth-order valence-corrected chi connectivity index (χ4v) is 1.66. The van der Waals surface area contributed by atoms with E-state index < -0.39 is 5.91 Å². The van der Waals surface area contributed by atoms with E-state index in [0.29, 0.717) is 18.4 Å². The topological polar surface area (TPSA) is 52.3 Å². The van der Waals surface area contributed by atoms with Gasteiger partial charge in [-0.25, -0.2) is 0 Å². The molecule has 0 aliphatic heterocycles. The van der Waals surface area contributed by atoms with Gasteiger partial charge in [0.15, 0.2) is 0 Å². The van der Waals surface area contributed by atoms with E-state index in [-0.39, 0.29) is 6.61 Å². The first-order valence-corrected chi connectivity index (χ1v) is 5.52. The summed E-state index contributed by atoms with van der Waals surface area (Å²) < 4.78 is 5.30. The van der Waals surface area contributed by atoms with Crippen LogP contribution in [0.3, 0.4) is 0 Å². The molecule has 2 N–H and O–H groups in total. The van der Waals surface area contributed by atoms with Crippen LogP contribution in [-0.2, 0) is 9.53 Å². The van der Waals surface area contributed by atoms with Gasteiger partial charge < -0.3 is 10.5 Å². The molecule has 0 saturated carbocycles. The molecule has 16 heavy (non-hydrogen) atoms. The van der Waals surface area contributed by atoms with Crippen molar-refractivity contribution in [2.24, 2.45) is 11.7 Å². The van der Waals surface area contributed by atoms with E-state index in [1.165, 1.54) is 5.56 Å². The van der Waals surface area contributed by atoms with Gasteiger partial charge in [0.2, 0.25) is 5.91 Å². The molecule has 0 saturated heterocycles. The van der Waals surface area contributed by atoms with Crippen molar-refractivity contribution in [3.8, 4) is 0 Å². The molecule has 3 nitrogen and oxygen atoms in total. The number of ether oxygens (including phenoxy) is 1. The molecular formula is C13H19NO2. The largest absolute Gasteiger partial charge is 0.371 e. The number of carbonyl (C=O) groups excluding carboxylic acids is 1. The van der Waals surface area contributed by atoms with E-state index in [4.69, 9.17) is 10.5 Å². The molecule has 1 rings (SSSR count). The summed E-state index contributed by atoms with van der Waals surface area (Å²) in [5.74, 6) is 0.353. The van der Waals surface area contributed by atoms with Gasteiger partial charge in [-0.05, 0) is 11.5 Å². The highest BCUT2D eigenvalue weighted by Gasteiger charge is 2.15. The number of rotatable bonds is 6. The molecule has 0 radical (unpaired) electrons. The Morgan fingerprint density at radius 1 is 1.31 bits per heavy atom. The predicted octanol–water partition coefficient (Wildman–Crippen LogP) is 1.93. The summed E-state index contributed by atoms with van der Waals surface area (Å²) in [7, 11) is 0. The Hall–Kier alpha value is -1.35. The average Bonchev–Trinajstić information content (AvgIpc) is 2.25. The molecule has 0 heterocycles. The Morgan fingerprint density at radius 2 is 1.94 bits per heavy atom. The van der Waals surface area contributed by atoms with Gasteiger partial charge >= 0.3 is 0 Å². The summed E-state index contributed by atoms with van der Waals surface area (Å²) in [6.45, 7) is 4.82. The predicted molar refractivity (Wildman–Crippen MR) is 64.0 cm³/mol. The number of benzene rings is 1. The molecule has 0 spiro atoms. The molecule has 0 unspecified atom stereocenters. The normalized spacial score (nSPS) is 12.7. The van der Waals surface area contributed by atoms with Crippen LogP contribution < -0.4 is 5.73 Å². The quantitative estimate of drug-likeness (QED) is 0.798. The molecule has 88 valence electrons. The van der Waals surface area contributed by atoms with Crippen molar-refractivity contribution >= 4 is 5.91 Å². The zero-order valence-corrected chi connectivity index (χ0v) is 9.85. The van der Waals surface area contributed by atoms with Crippen molar-refractivity contribution in [1.29, 1.82) is 0 Å². The number of hydrogen-bond acceptors (Lipinski definition) is 2. The highest BCUT2D eigenvalue weighted by Crippen LogP contribution is 2.24. The lowest BCUT2D eigenvalue weighted by Crippen LogP contribution is -2.22. The molecule has 0 bridgehead atoms. The molecule has 1 aromatic rings. The van der Waals surface area contributed by atoms with E-state index in [1.54, 1.807) is 0 Å².